The number of sulfonamides is 1. The molecule has 3 N–H and O–H groups in total. The van der Waals surface area contributed by atoms with Gasteiger partial charge in [-0.15, -0.1) is 11.3 Å². The van der Waals surface area contributed by atoms with Gasteiger partial charge < -0.3 is 5.32 Å². The molecule has 1 aliphatic rings. The van der Waals surface area contributed by atoms with Crippen LogP contribution in [0.3, 0.4) is 0 Å². The zero-order valence-corrected chi connectivity index (χ0v) is 17.4. The van der Waals surface area contributed by atoms with Crippen LogP contribution in [0.4, 0.5) is 11.6 Å². The van der Waals surface area contributed by atoms with Crippen LogP contribution in [0.25, 0.3) is 10.2 Å². The highest BCUT2D eigenvalue weighted by Crippen LogP contribution is 2.35. The fourth-order valence-electron chi connectivity index (χ4n) is 3.64. The first-order chi connectivity index (χ1) is 13.3. The molecule has 0 fully saturated rings. The third kappa shape index (κ3) is 3.34. The van der Waals surface area contributed by atoms with Crippen molar-refractivity contribution in [2.24, 2.45) is 5.14 Å². The molecule has 4 rings (SSSR count). The van der Waals surface area contributed by atoms with Gasteiger partial charge in [-0.2, -0.15) is 0 Å². The van der Waals surface area contributed by atoms with Gasteiger partial charge in [-0.25, -0.2) is 18.5 Å². The molecule has 0 spiro atoms. The van der Waals surface area contributed by atoms with Crippen LogP contribution in [-0.4, -0.2) is 18.0 Å². The topological polar surface area (TPSA) is 107 Å². The number of nitrogens with one attached hydrogen (secondary N) is 1. The van der Waals surface area contributed by atoms with Crippen molar-refractivity contribution >= 4 is 43.2 Å². The lowest BCUT2D eigenvalue weighted by Crippen LogP contribution is -2.26. The second-order valence-electron chi connectivity index (χ2n) is 7.29. The Balaban J connectivity index is 1.82. The molecular formula is C19H22N4O3S2. The molecule has 0 amide bonds. The molecule has 3 aromatic rings. The second-order valence-corrected chi connectivity index (χ2v) is 9.93. The maximum absolute atomic E-state index is 13.3. The van der Waals surface area contributed by atoms with Gasteiger partial charge in [0.1, 0.15) is 4.83 Å². The third-order valence-electron chi connectivity index (χ3n) is 4.98. The van der Waals surface area contributed by atoms with Crippen molar-refractivity contribution in [3.8, 4) is 0 Å². The number of rotatable bonds is 4. The average molecular weight is 419 g/mol. The van der Waals surface area contributed by atoms with Crippen molar-refractivity contribution in [1.29, 1.82) is 0 Å². The molecule has 7 nitrogen and oxygen atoms in total. The Kier molecular flexibility index (Phi) is 4.76. The van der Waals surface area contributed by atoms with Gasteiger partial charge in [-0.1, -0.05) is 0 Å². The highest BCUT2D eigenvalue weighted by molar-refractivity contribution is 7.89. The minimum Gasteiger partial charge on any atom is -0.325 e. The van der Waals surface area contributed by atoms with E-state index in [2.05, 4.69) is 5.32 Å². The van der Waals surface area contributed by atoms with Gasteiger partial charge >= 0.3 is 0 Å². The van der Waals surface area contributed by atoms with E-state index < -0.39 is 10.0 Å². The van der Waals surface area contributed by atoms with Crippen LogP contribution < -0.4 is 16.0 Å². The predicted molar refractivity (Wildman–Crippen MR) is 112 cm³/mol. The van der Waals surface area contributed by atoms with E-state index in [9.17, 15) is 13.2 Å². The van der Waals surface area contributed by atoms with E-state index in [0.29, 0.717) is 11.6 Å². The average Bonchev–Trinajstić information content (AvgIpc) is 2.99. The lowest BCUT2D eigenvalue weighted by molar-refractivity contribution is 0.582. The van der Waals surface area contributed by atoms with Gasteiger partial charge in [0.2, 0.25) is 16.0 Å². The van der Waals surface area contributed by atoms with E-state index in [0.717, 1.165) is 35.9 Å². The van der Waals surface area contributed by atoms with Crippen LogP contribution in [0, 0.1) is 0 Å². The third-order valence-corrected chi connectivity index (χ3v) is 7.09. The molecule has 1 aromatic carbocycles. The number of hydrogen-bond acceptors (Lipinski definition) is 6. The fourth-order valence-corrected chi connectivity index (χ4v) is 5.41. The summed E-state index contributed by atoms with van der Waals surface area (Å²) < 4.78 is 24.5. The maximum Gasteiger partial charge on any atom is 0.264 e. The van der Waals surface area contributed by atoms with Crippen molar-refractivity contribution in [1.82, 2.24) is 9.55 Å². The molecule has 0 aliphatic heterocycles. The summed E-state index contributed by atoms with van der Waals surface area (Å²) in [6.07, 6.45) is 4.21. The summed E-state index contributed by atoms with van der Waals surface area (Å²) in [4.78, 5) is 20.1. The summed E-state index contributed by atoms with van der Waals surface area (Å²) in [6, 6.07) is 6.01. The number of aromatic nitrogens is 2. The number of thiophene rings is 1. The number of nitrogens with zero attached hydrogens (tertiary/aromatic N) is 2. The van der Waals surface area contributed by atoms with Gasteiger partial charge in [0, 0.05) is 16.6 Å². The lowest BCUT2D eigenvalue weighted by atomic mass is 9.97. The van der Waals surface area contributed by atoms with Gasteiger partial charge in [-0.3, -0.25) is 9.36 Å². The van der Waals surface area contributed by atoms with Crippen LogP contribution in [0.1, 0.15) is 43.2 Å². The monoisotopic (exact) mass is 418 g/mol. The molecule has 0 saturated heterocycles. The van der Waals surface area contributed by atoms with E-state index >= 15 is 0 Å². The van der Waals surface area contributed by atoms with E-state index in [1.54, 1.807) is 28.0 Å². The molecule has 2 aromatic heterocycles. The standard InChI is InChI=1S/C19H22N4O3S2/c1-11(2)23-18(24)16-14-5-3-4-6-15(14)27-17(16)22-19(23)21-12-7-9-13(10-8-12)28(20,25)26/h7-11H,3-6H2,1-2H3,(H,21,22)(H2,20,25,26). The first-order valence-corrected chi connectivity index (χ1v) is 11.6. The van der Waals surface area contributed by atoms with Gasteiger partial charge in [0.05, 0.1) is 10.3 Å². The summed E-state index contributed by atoms with van der Waals surface area (Å²) in [5, 5.41) is 9.07. The Morgan fingerprint density at radius 3 is 2.50 bits per heavy atom. The van der Waals surface area contributed by atoms with Gasteiger partial charge in [0.25, 0.3) is 5.56 Å². The van der Waals surface area contributed by atoms with Crippen molar-refractivity contribution < 1.29 is 8.42 Å². The molecule has 9 heteroatoms. The normalized spacial score (nSPS) is 14.4. The quantitative estimate of drug-likeness (QED) is 0.676. The summed E-state index contributed by atoms with van der Waals surface area (Å²) in [5.41, 5.74) is 1.78. The zero-order valence-electron chi connectivity index (χ0n) is 15.7. The van der Waals surface area contributed by atoms with Gasteiger partial charge in [-0.05, 0) is 69.4 Å². The Morgan fingerprint density at radius 1 is 1.18 bits per heavy atom. The minimum atomic E-state index is -3.75. The molecule has 0 radical (unpaired) electrons. The highest BCUT2D eigenvalue weighted by Gasteiger charge is 2.23. The Labute approximate surface area is 167 Å². The molecule has 0 saturated carbocycles. The molecule has 28 heavy (non-hydrogen) atoms. The largest absolute Gasteiger partial charge is 0.325 e. The summed E-state index contributed by atoms with van der Waals surface area (Å²) in [5.74, 6) is 0.453. The SMILES string of the molecule is CC(C)n1c(Nc2ccc(S(N)(=O)=O)cc2)nc2sc3c(c2c1=O)CCCC3. The maximum atomic E-state index is 13.3. The molecule has 2 heterocycles. The highest BCUT2D eigenvalue weighted by atomic mass is 32.2. The van der Waals surface area contributed by atoms with Crippen molar-refractivity contribution in [2.45, 2.75) is 50.5 Å². The van der Waals surface area contributed by atoms with Crippen molar-refractivity contribution in [2.75, 3.05) is 5.32 Å². The molecule has 0 unspecified atom stereocenters. The first kappa shape index (κ1) is 19.1. The van der Waals surface area contributed by atoms with E-state index in [1.807, 2.05) is 13.8 Å². The lowest BCUT2D eigenvalue weighted by Gasteiger charge is -2.17. The Morgan fingerprint density at radius 2 is 1.86 bits per heavy atom. The number of hydrogen-bond donors (Lipinski definition) is 2. The van der Waals surface area contributed by atoms with E-state index in [1.165, 1.54) is 22.6 Å². The molecule has 1 aliphatic carbocycles. The fraction of sp³-hybridized carbons (Fsp3) is 0.368. The molecule has 0 bridgehead atoms. The van der Waals surface area contributed by atoms with Gasteiger partial charge in [0.15, 0.2) is 0 Å². The van der Waals surface area contributed by atoms with E-state index in [4.69, 9.17) is 10.1 Å². The van der Waals surface area contributed by atoms with Crippen LogP contribution >= 0.6 is 11.3 Å². The van der Waals surface area contributed by atoms with Crippen molar-refractivity contribution in [3.05, 3.63) is 45.1 Å². The minimum absolute atomic E-state index is 0.0249. The van der Waals surface area contributed by atoms with Crippen LogP contribution in [-0.2, 0) is 22.9 Å². The number of aryl methyl sites for hydroxylation is 2. The molecule has 148 valence electrons. The van der Waals surface area contributed by atoms with E-state index in [-0.39, 0.29) is 16.5 Å². The second kappa shape index (κ2) is 6.98. The predicted octanol–water partition coefficient (Wildman–Crippen LogP) is 3.31. The zero-order chi connectivity index (χ0) is 20.1. The Hall–Kier alpha value is -2.23. The summed E-state index contributed by atoms with van der Waals surface area (Å²) in [7, 11) is -3.75. The smallest absolute Gasteiger partial charge is 0.264 e. The number of benzene rings is 1. The van der Waals surface area contributed by atoms with Crippen LogP contribution in [0.2, 0.25) is 0 Å². The summed E-state index contributed by atoms with van der Waals surface area (Å²) >= 11 is 1.60. The molecule has 0 atom stereocenters. The van der Waals surface area contributed by atoms with Crippen LogP contribution in [0.5, 0.6) is 0 Å². The Bertz CT molecular complexity index is 1210. The molecular weight excluding hydrogens is 396 g/mol. The first-order valence-electron chi connectivity index (χ1n) is 9.22. The van der Waals surface area contributed by atoms with Crippen LogP contribution in [0.15, 0.2) is 34.0 Å². The van der Waals surface area contributed by atoms with Crippen molar-refractivity contribution in [3.63, 3.8) is 0 Å². The number of anilines is 2. The number of fused-ring (bicyclic) bond motifs is 3. The number of nitrogens with two attached hydrogens (primary N) is 1. The summed E-state index contributed by atoms with van der Waals surface area (Å²) in [6.45, 7) is 3.89. The number of primary sulfonamides is 1.